The molecule has 0 amide bonds. The summed E-state index contributed by atoms with van der Waals surface area (Å²) in [4.78, 5) is 2.34. The molecule has 8 aromatic carbocycles. The summed E-state index contributed by atoms with van der Waals surface area (Å²) < 4.78 is 8.93. The highest BCUT2D eigenvalue weighted by atomic mass is 32.1. The highest BCUT2D eigenvalue weighted by molar-refractivity contribution is 7.25. The molecule has 0 atom stereocenters. The molecule has 0 spiro atoms. The number of fused-ring (bicyclic) bond motifs is 7. The number of thiophene rings is 1. The number of para-hydroxylation sites is 1. The molecule has 0 saturated heterocycles. The van der Waals surface area contributed by atoms with Gasteiger partial charge in [0.05, 0.1) is 0 Å². The van der Waals surface area contributed by atoms with E-state index in [1.54, 1.807) is 0 Å². The summed E-state index contributed by atoms with van der Waals surface area (Å²) in [5, 5.41) is 7.37. The Morgan fingerprint density at radius 3 is 1.84 bits per heavy atom. The number of rotatable bonds is 5. The lowest BCUT2D eigenvalue weighted by Crippen LogP contribution is -2.09. The minimum atomic E-state index is 0.883. The minimum Gasteiger partial charge on any atom is -0.456 e. The van der Waals surface area contributed by atoms with Crippen molar-refractivity contribution in [3.05, 3.63) is 176 Å². The summed E-state index contributed by atoms with van der Waals surface area (Å²) in [7, 11) is 0. The molecule has 10 aromatic rings. The maximum Gasteiger partial charge on any atom is 0.137 e. The quantitative estimate of drug-likeness (QED) is 0.186. The fraction of sp³-hybridized carbons (Fsp3) is 0. The molecule has 0 aliphatic carbocycles. The maximum atomic E-state index is 6.35. The molecule has 0 N–H and O–H groups in total. The number of nitrogens with zero attached hydrogens (tertiary/aromatic N) is 1. The molecule has 0 aliphatic heterocycles. The second kappa shape index (κ2) is 11.2. The van der Waals surface area contributed by atoms with Crippen LogP contribution in [0.4, 0.5) is 17.1 Å². The molecular formula is C46H29NOS. The highest BCUT2D eigenvalue weighted by Gasteiger charge is 2.17. The van der Waals surface area contributed by atoms with Crippen molar-refractivity contribution in [2.75, 3.05) is 4.90 Å². The molecule has 0 bridgehead atoms. The molecule has 0 unspecified atom stereocenters. The third kappa shape index (κ3) is 4.78. The van der Waals surface area contributed by atoms with E-state index in [4.69, 9.17) is 4.42 Å². The minimum absolute atomic E-state index is 0.883. The monoisotopic (exact) mass is 643 g/mol. The topological polar surface area (TPSA) is 16.4 Å². The molecule has 230 valence electrons. The summed E-state index contributed by atoms with van der Waals surface area (Å²) in [5.74, 6) is 0. The van der Waals surface area contributed by atoms with Gasteiger partial charge in [-0.25, -0.2) is 0 Å². The Hall–Kier alpha value is -6.16. The zero-order valence-corrected chi connectivity index (χ0v) is 27.3. The van der Waals surface area contributed by atoms with E-state index < -0.39 is 0 Å². The second-order valence-electron chi connectivity index (χ2n) is 12.6. The van der Waals surface area contributed by atoms with E-state index in [0.29, 0.717) is 0 Å². The van der Waals surface area contributed by atoms with Crippen molar-refractivity contribution in [1.82, 2.24) is 0 Å². The molecule has 2 heterocycles. The fourth-order valence-electron chi connectivity index (χ4n) is 7.20. The first-order chi connectivity index (χ1) is 24.2. The van der Waals surface area contributed by atoms with Crippen molar-refractivity contribution in [3.63, 3.8) is 0 Å². The van der Waals surface area contributed by atoms with Gasteiger partial charge in [-0.2, -0.15) is 0 Å². The van der Waals surface area contributed by atoms with Crippen LogP contribution >= 0.6 is 11.3 Å². The van der Waals surface area contributed by atoms with Gasteiger partial charge < -0.3 is 9.32 Å². The van der Waals surface area contributed by atoms with Gasteiger partial charge in [0.15, 0.2) is 0 Å². The van der Waals surface area contributed by atoms with Crippen LogP contribution < -0.4 is 4.90 Å². The SMILES string of the molecule is c1cc(-c2ccc(N(c3ccc4c(c3)oc3ccccc34)c3ccc4c(c3)sc3ccccc34)cc2)cc(-c2ccc3ccccc3c2)c1. The number of furan rings is 1. The smallest absolute Gasteiger partial charge is 0.137 e. The number of hydrogen-bond donors (Lipinski definition) is 0. The van der Waals surface area contributed by atoms with E-state index in [0.717, 1.165) is 39.0 Å². The van der Waals surface area contributed by atoms with E-state index in [-0.39, 0.29) is 0 Å². The molecule has 2 aromatic heterocycles. The first-order valence-electron chi connectivity index (χ1n) is 16.6. The third-order valence-corrected chi connectivity index (χ3v) is 10.8. The Morgan fingerprint density at radius 1 is 0.347 bits per heavy atom. The summed E-state index contributed by atoms with van der Waals surface area (Å²) in [5.41, 5.74) is 9.85. The molecule has 0 fully saturated rings. The predicted octanol–water partition coefficient (Wildman–Crippen LogP) is 13.9. The van der Waals surface area contributed by atoms with Crippen LogP contribution in [-0.2, 0) is 0 Å². The Bertz CT molecular complexity index is 2730. The van der Waals surface area contributed by atoms with E-state index >= 15 is 0 Å². The number of benzene rings is 8. The van der Waals surface area contributed by atoms with Crippen LogP contribution in [0.15, 0.2) is 180 Å². The Labute approximate surface area is 287 Å². The van der Waals surface area contributed by atoms with E-state index in [1.807, 2.05) is 23.5 Å². The summed E-state index contributed by atoms with van der Waals surface area (Å²) in [6.07, 6.45) is 0. The molecule has 0 saturated carbocycles. The lowest BCUT2D eigenvalue weighted by Gasteiger charge is -2.26. The fourth-order valence-corrected chi connectivity index (χ4v) is 8.34. The summed E-state index contributed by atoms with van der Waals surface area (Å²) in [6, 6.07) is 63.3. The molecular weight excluding hydrogens is 615 g/mol. The number of hydrogen-bond acceptors (Lipinski definition) is 3. The second-order valence-corrected chi connectivity index (χ2v) is 13.7. The lowest BCUT2D eigenvalue weighted by atomic mass is 9.97. The average molecular weight is 644 g/mol. The Balaban J connectivity index is 1.07. The van der Waals surface area contributed by atoms with Crippen molar-refractivity contribution in [1.29, 1.82) is 0 Å². The highest BCUT2D eigenvalue weighted by Crippen LogP contribution is 2.42. The molecule has 0 aliphatic rings. The van der Waals surface area contributed by atoms with Gasteiger partial charge in [0, 0.05) is 54.1 Å². The van der Waals surface area contributed by atoms with Gasteiger partial charge in [-0.05, 0) is 93.7 Å². The van der Waals surface area contributed by atoms with Crippen LogP contribution in [0.3, 0.4) is 0 Å². The lowest BCUT2D eigenvalue weighted by molar-refractivity contribution is 0.669. The molecule has 49 heavy (non-hydrogen) atoms. The summed E-state index contributed by atoms with van der Waals surface area (Å²) in [6.45, 7) is 0. The first kappa shape index (κ1) is 27.9. The molecule has 0 radical (unpaired) electrons. The maximum absolute atomic E-state index is 6.35. The van der Waals surface area contributed by atoms with Crippen molar-refractivity contribution in [2.24, 2.45) is 0 Å². The van der Waals surface area contributed by atoms with Gasteiger partial charge in [-0.3, -0.25) is 0 Å². The Morgan fingerprint density at radius 2 is 0.959 bits per heavy atom. The van der Waals surface area contributed by atoms with Gasteiger partial charge in [0.2, 0.25) is 0 Å². The average Bonchev–Trinajstić information content (AvgIpc) is 3.73. The van der Waals surface area contributed by atoms with Crippen LogP contribution in [0.1, 0.15) is 0 Å². The van der Waals surface area contributed by atoms with E-state index in [1.165, 1.54) is 53.2 Å². The third-order valence-electron chi connectivity index (χ3n) is 9.65. The summed E-state index contributed by atoms with van der Waals surface area (Å²) >= 11 is 1.84. The van der Waals surface area contributed by atoms with Crippen LogP contribution in [-0.4, -0.2) is 0 Å². The molecule has 2 nitrogen and oxygen atoms in total. The van der Waals surface area contributed by atoms with Crippen LogP contribution in [0.5, 0.6) is 0 Å². The van der Waals surface area contributed by atoms with Crippen LogP contribution in [0.25, 0.3) is 75.1 Å². The van der Waals surface area contributed by atoms with Crippen LogP contribution in [0.2, 0.25) is 0 Å². The van der Waals surface area contributed by atoms with Crippen molar-refractivity contribution < 1.29 is 4.42 Å². The molecule has 10 rings (SSSR count). The van der Waals surface area contributed by atoms with Gasteiger partial charge in [0.1, 0.15) is 11.2 Å². The Kier molecular flexibility index (Phi) is 6.39. The van der Waals surface area contributed by atoms with Gasteiger partial charge >= 0.3 is 0 Å². The van der Waals surface area contributed by atoms with Crippen LogP contribution in [0, 0.1) is 0 Å². The first-order valence-corrected chi connectivity index (χ1v) is 17.4. The number of anilines is 3. The van der Waals surface area contributed by atoms with Gasteiger partial charge in [-0.15, -0.1) is 11.3 Å². The standard InChI is InChI=1S/C46H29NOS/c1-2-9-32-27-35(17-16-30(32)8-1)34-11-7-10-33(26-34)31-18-20-36(21-19-31)47(37-22-24-40-39-12-3-5-14-43(39)48-44(40)28-37)38-23-25-42-41-13-4-6-15-45(41)49-46(42)29-38/h1-29H. The van der Waals surface area contributed by atoms with Gasteiger partial charge in [0.25, 0.3) is 0 Å². The van der Waals surface area contributed by atoms with E-state index in [2.05, 4.69) is 169 Å². The molecule has 3 heteroatoms. The van der Waals surface area contributed by atoms with Crippen molar-refractivity contribution >= 4 is 81.3 Å². The zero-order valence-electron chi connectivity index (χ0n) is 26.5. The zero-order chi connectivity index (χ0) is 32.3. The van der Waals surface area contributed by atoms with E-state index in [9.17, 15) is 0 Å². The van der Waals surface area contributed by atoms with Crippen molar-refractivity contribution in [2.45, 2.75) is 0 Å². The normalized spacial score (nSPS) is 11.7. The van der Waals surface area contributed by atoms with Gasteiger partial charge in [-0.1, -0.05) is 109 Å². The van der Waals surface area contributed by atoms with Crippen molar-refractivity contribution in [3.8, 4) is 22.3 Å². The largest absolute Gasteiger partial charge is 0.456 e. The predicted molar refractivity (Wildman–Crippen MR) is 210 cm³/mol.